The molecule has 3 N–H and O–H groups in total. The van der Waals surface area contributed by atoms with Gasteiger partial charge >= 0.3 is 0 Å². The SMILES string of the molecule is N/C(Cc1nc2ccccc2n1CC(F)F)=N\O. The van der Waals surface area contributed by atoms with Gasteiger partial charge in [0.2, 0.25) is 0 Å². The standard InChI is InChI=1S/C11H12F2N4O/c12-9(13)6-17-8-4-2-1-3-7(8)15-11(17)5-10(14)16-18/h1-4,9,18H,5-6H2,(H2,14,16). The Balaban J connectivity index is 2.49. The molecule has 0 spiro atoms. The van der Waals surface area contributed by atoms with Gasteiger partial charge < -0.3 is 15.5 Å². The number of amidine groups is 1. The highest BCUT2D eigenvalue weighted by Crippen LogP contribution is 2.17. The minimum Gasteiger partial charge on any atom is -0.409 e. The lowest BCUT2D eigenvalue weighted by Crippen LogP contribution is -2.19. The predicted molar refractivity (Wildman–Crippen MR) is 62.8 cm³/mol. The van der Waals surface area contributed by atoms with Crippen LogP contribution in [0.4, 0.5) is 8.78 Å². The Labute approximate surface area is 102 Å². The molecule has 0 amide bonds. The largest absolute Gasteiger partial charge is 0.409 e. The van der Waals surface area contributed by atoms with Crippen molar-refractivity contribution in [3.8, 4) is 0 Å². The number of fused-ring (bicyclic) bond motifs is 1. The molecule has 2 aromatic rings. The fourth-order valence-electron chi connectivity index (χ4n) is 1.80. The monoisotopic (exact) mass is 254 g/mol. The Morgan fingerprint density at radius 3 is 2.83 bits per heavy atom. The zero-order valence-electron chi connectivity index (χ0n) is 9.42. The molecule has 96 valence electrons. The van der Waals surface area contributed by atoms with Gasteiger partial charge in [0.05, 0.1) is 24.0 Å². The number of alkyl halides is 2. The van der Waals surface area contributed by atoms with Gasteiger partial charge in [-0.2, -0.15) is 0 Å². The van der Waals surface area contributed by atoms with E-state index in [1.165, 1.54) is 4.57 Å². The number of imidazole rings is 1. The van der Waals surface area contributed by atoms with Gasteiger partial charge in [-0.1, -0.05) is 17.3 Å². The van der Waals surface area contributed by atoms with Crippen molar-refractivity contribution < 1.29 is 14.0 Å². The summed E-state index contributed by atoms with van der Waals surface area (Å²) in [5.74, 6) is 0.285. The quantitative estimate of drug-likeness (QED) is 0.376. The van der Waals surface area contributed by atoms with Gasteiger partial charge in [-0.3, -0.25) is 0 Å². The molecule has 0 radical (unpaired) electrons. The summed E-state index contributed by atoms with van der Waals surface area (Å²) in [6.07, 6.45) is -2.47. The van der Waals surface area contributed by atoms with E-state index < -0.39 is 13.0 Å². The van der Waals surface area contributed by atoms with Crippen LogP contribution in [0.3, 0.4) is 0 Å². The number of para-hydroxylation sites is 2. The van der Waals surface area contributed by atoms with Crippen molar-refractivity contribution in [1.29, 1.82) is 0 Å². The summed E-state index contributed by atoms with van der Waals surface area (Å²) < 4.78 is 26.5. The number of halogens is 2. The van der Waals surface area contributed by atoms with Crippen molar-refractivity contribution in [2.45, 2.75) is 19.4 Å². The lowest BCUT2D eigenvalue weighted by molar-refractivity contribution is 0.127. The van der Waals surface area contributed by atoms with Gasteiger partial charge in [-0.05, 0) is 12.1 Å². The average Bonchev–Trinajstić information content (AvgIpc) is 2.67. The third-order valence-electron chi connectivity index (χ3n) is 2.52. The second kappa shape index (κ2) is 4.99. The van der Waals surface area contributed by atoms with E-state index in [1.54, 1.807) is 24.3 Å². The van der Waals surface area contributed by atoms with E-state index in [0.29, 0.717) is 16.9 Å². The molecule has 7 heteroatoms. The maximum absolute atomic E-state index is 12.6. The van der Waals surface area contributed by atoms with Crippen LogP contribution in [0.5, 0.6) is 0 Å². The fraction of sp³-hybridized carbons (Fsp3) is 0.273. The highest BCUT2D eigenvalue weighted by molar-refractivity contribution is 5.83. The van der Waals surface area contributed by atoms with Crippen molar-refractivity contribution in [1.82, 2.24) is 9.55 Å². The Morgan fingerprint density at radius 2 is 2.17 bits per heavy atom. The normalized spacial score (nSPS) is 12.5. The number of oxime groups is 1. The molecule has 18 heavy (non-hydrogen) atoms. The minimum absolute atomic E-state index is 0.0257. The number of hydrogen-bond donors (Lipinski definition) is 2. The number of nitrogens with zero attached hydrogens (tertiary/aromatic N) is 3. The molecule has 0 aliphatic heterocycles. The number of benzene rings is 1. The molecule has 1 aromatic heterocycles. The molecular weight excluding hydrogens is 242 g/mol. The van der Waals surface area contributed by atoms with Gasteiger partial charge in [0.15, 0.2) is 0 Å². The maximum atomic E-state index is 12.6. The molecule has 0 aliphatic carbocycles. The lowest BCUT2D eigenvalue weighted by atomic mass is 10.3. The summed E-state index contributed by atoms with van der Waals surface area (Å²) in [5.41, 5.74) is 6.61. The predicted octanol–water partition coefficient (Wildman–Crippen LogP) is 1.59. The first kappa shape index (κ1) is 12.3. The molecule has 0 fully saturated rings. The highest BCUT2D eigenvalue weighted by Gasteiger charge is 2.15. The van der Waals surface area contributed by atoms with Crippen LogP contribution in [0.25, 0.3) is 11.0 Å². The van der Waals surface area contributed by atoms with Gasteiger partial charge in [-0.15, -0.1) is 0 Å². The second-order valence-corrected chi connectivity index (χ2v) is 3.79. The lowest BCUT2D eigenvalue weighted by Gasteiger charge is -2.07. The van der Waals surface area contributed by atoms with Gasteiger partial charge in [0.1, 0.15) is 11.7 Å². The highest BCUT2D eigenvalue weighted by atomic mass is 19.3. The number of aromatic nitrogens is 2. The van der Waals surface area contributed by atoms with Crippen LogP contribution in [0.15, 0.2) is 29.4 Å². The van der Waals surface area contributed by atoms with E-state index in [9.17, 15) is 8.78 Å². The molecule has 0 atom stereocenters. The summed E-state index contributed by atoms with van der Waals surface area (Å²) in [6.45, 7) is -0.464. The van der Waals surface area contributed by atoms with Crippen molar-refractivity contribution in [2.24, 2.45) is 10.9 Å². The summed E-state index contributed by atoms with van der Waals surface area (Å²) >= 11 is 0. The Hall–Kier alpha value is -2.18. The average molecular weight is 254 g/mol. The third-order valence-corrected chi connectivity index (χ3v) is 2.52. The van der Waals surface area contributed by atoms with Gasteiger partial charge in [0, 0.05) is 0 Å². The Bertz CT molecular complexity index is 579. The van der Waals surface area contributed by atoms with Crippen molar-refractivity contribution >= 4 is 16.9 Å². The molecule has 0 aliphatic rings. The van der Waals surface area contributed by atoms with E-state index in [1.807, 2.05) is 0 Å². The molecule has 1 aromatic carbocycles. The van der Waals surface area contributed by atoms with E-state index >= 15 is 0 Å². The van der Waals surface area contributed by atoms with E-state index in [2.05, 4.69) is 10.1 Å². The van der Waals surface area contributed by atoms with Crippen LogP contribution in [0.2, 0.25) is 0 Å². The van der Waals surface area contributed by atoms with Crippen LogP contribution >= 0.6 is 0 Å². The molecule has 0 bridgehead atoms. The van der Waals surface area contributed by atoms with Gasteiger partial charge in [0.25, 0.3) is 6.43 Å². The van der Waals surface area contributed by atoms with Gasteiger partial charge in [-0.25, -0.2) is 13.8 Å². The summed E-state index contributed by atoms with van der Waals surface area (Å²) in [6, 6.07) is 6.96. The van der Waals surface area contributed by atoms with E-state index in [0.717, 1.165) is 0 Å². The number of hydrogen-bond acceptors (Lipinski definition) is 3. The maximum Gasteiger partial charge on any atom is 0.256 e. The van der Waals surface area contributed by atoms with Crippen molar-refractivity contribution in [2.75, 3.05) is 0 Å². The smallest absolute Gasteiger partial charge is 0.256 e. The summed E-state index contributed by atoms with van der Waals surface area (Å²) in [5, 5.41) is 11.3. The van der Waals surface area contributed by atoms with Crippen LogP contribution in [-0.2, 0) is 13.0 Å². The second-order valence-electron chi connectivity index (χ2n) is 3.79. The van der Waals surface area contributed by atoms with Crippen molar-refractivity contribution in [3.05, 3.63) is 30.1 Å². The molecule has 0 saturated carbocycles. The third kappa shape index (κ3) is 2.39. The Kier molecular flexibility index (Phi) is 3.40. The number of nitrogens with two attached hydrogens (primary N) is 1. The fourth-order valence-corrected chi connectivity index (χ4v) is 1.80. The molecule has 2 rings (SSSR count). The first-order valence-electron chi connectivity index (χ1n) is 5.30. The van der Waals surface area contributed by atoms with Crippen molar-refractivity contribution in [3.63, 3.8) is 0 Å². The zero-order valence-corrected chi connectivity index (χ0v) is 9.42. The molecule has 1 heterocycles. The number of rotatable bonds is 4. The zero-order chi connectivity index (χ0) is 13.1. The molecule has 0 saturated heterocycles. The van der Waals surface area contributed by atoms with Crippen LogP contribution in [0.1, 0.15) is 5.82 Å². The van der Waals surface area contributed by atoms with Crippen LogP contribution < -0.4 is 5.73 Å². The Morgan fingerprint density at radius 1 is 1.44 bits per heavy atom. The molecule has 0 unspecified atom stereocenters. The first-order chi connectivity index (χ1) is 8.61. The van der Waals surface area contributed by atoms with E-state index in [-0.39, 0.29) is 12.3 Å². The molecular formula is C11H12F2N4O. The van der Waals surface area contributed by atoms with Crippen LogP contribution in [-0.4, -0.2) is 27.0 Å². The first-order valence-corrected chi connectivity index (χ1v) is 5.30. The topological polar surface area (TPSA) is 76.4 Å². The minimum atomic E-state index is -2.49. The van der Waals surface area contributed by atoms with Crippen LogP contribution in [0, 0.1) is 0 Å². The summed E-state index contributed by atoms with van der Waals surface area (Å²) in [7, 11) is 0. The summed E-state index contributed by atoms with van der Waals surface area (Å²) in [4.78, 5) is 4.21. The molecule has 5 nitrogen and oxygen atoms in total. The van der Waals surface area contributed by atoms with E-state index in [4.69, 9.17) is 10.9 Å².